The van der Waals surface area contributed by atoms with Crippen LogP contribution >= 0.6 is 0 Å². The van der Waals surface area contributed by atoms with Crippen LogP contribution in [-0.4, -0.2) is 0 Å². The normalized spacial score (nSPS) is 11.9. The third-order valence-electron chi connectivity index (χ3n) is 3.38. The van der Waals surface area contributed by atoms with Gasteiger partial charge in [0.05, 0.1) is 12.7 Å². The first kappa shape index (κ1) is 14.3. The predicted molar refractivity (Wildman–Crippen MR) is 80.2 cm³/mol. The van der Waals surface area contributed by atoms with E-state index in [9.17, 15) is 5.26 Å². The first-order valence-corrected chi connectivity index (χ1v) is 6.74. The molecule has 0 amide bonds. The molecule has 0 aliphatic rings. The van der Waals surface area contributed by atoms with E-state index in [1.165, 1.54) is 5.56 Å². The second-order valence-corrected chi connectivity index (χ2v) is 5.12. The minimum absolute atomic E-state index is 0.450. The molecular weight excluding hydrogens is 246 g/mol. The Hall–Kier alpha value is -2.11. The fraction of sp³-hybridized carbons (Fsp3) is 0.278. The molecule has 2 aromatic carbocycles. The summed E-state index contributed by atoms with van der Waals surface area (Å²) >= 11 is 0. The van der Waals surface area contributed by atoms with Gasteiger partial charge in [0, 0.05) is 5.56 Å². The number of ether oxygens (including phenoxy) is 1. The molecule has 0 bridgehead atoms. The smallest absolute Gasteiger partial charge is 0.170 e. The molecule has 0 fully saturated rings. The van der Waals surface area contributed by atoms with Crippen LogP contribution in [0.2, 0.25) is 0 Å². The van der Waals surface area contributed by atoms with Crippen molar-refractivity contribution in [2.24, 2.45) is 0 Å². The quantitative estimate of drug-likeness (QED) is 0.821. The van der Waals surface area contributed by atoms with Gasteiger partial charge in [0.25, 0.3) is 0 Å². The Bertz CT molecular complexity index is 603. The van der Waals surface area contributed by atoms with Crippen LogP contribution in [0, 0.1) is 32.1 Å². The lowest BCUT2D eigenvalue weighted by molar-refractivity contribution is 0.0759. The Morgan fingerprint density at radius 3 is 2.20 bits per heavy atom. The van der Waals surface area contributed by atoms with E-state index in [0.29, 0.717) is 6.61 Å². The van der Waals surface area contributed by atoms with E-state index < -0.39 is 6.10 Å². The maximum absolute atomic E-state index is 9.40. The molecule has 0 spiro atoms. The van der Waals surface area contributed by atoms with Crippen molar-refractivity contribution in [3.05, 3.63) is 70.3 Å². The number of benzene rings is 2. The Labute approximate surface area is 120 Å². The first-order valence-electron chi connectivity index (χ1n) is 6.74. The highest BCUT2D eigenvalue weighted by Crippen LogP contribution is 2.26. The van der Waals surface area contributed by atoms with Gasteiger partial charge in [-0.1, -0.05) is 48.0 Å². The molecule has 1 atom stereocenters. The van der Waals surface area contributed by atoms with Gasteiger partial charge in [0.2, 0.25) is 0 Å². The lowest BCUT2D eigenvalue weighted by atomic mass is 9.96. The Morgan fingerprint density at radius 1 is 1.05 bits per heavy atom. The zero-order chi connectivity index (χ0) is 14.5. The van der Waals surface area contributed by atoms with Gasteiger partial charge in [0.1, 0.15) is 0 Å². The average Bonchev–Trinajstić information content (AvgIpc) is 2.42. The van der Waals surface area contributed by atoms with Gasteiger partial charge >= 0.3 is 0 Å². The second kappa shape index (κ2) is 6.36. The minimum atomic E-state index is -0.518. The Morgan fingerprint density at radius 2 is 1.65 bits per heavy atom. The van der Waals surface area contributed by atoms with Crippen molar-refractivity contribution in [1.29, 1.82) is 5.26 Å². The second-order valence-electron chi connectivity index (χ2n) is 5.12. The van der Waals surface area contributed by atoms with E-state index in [0.717, 1.165) is 22.3 Å². The first-order chi connectivity index (χ1) is 9.61. The summed E-state index contributed by atoms with van der Waals surface area (Å²) in [5, 5.41) is 9.40. The lowest BCUT2D eigenvalue weighted by Gasteiger charge is -2.17. The topological polar surface area (TPSA) is 33.0 Å². The Kier molecular flexibility index (Phi) is 4.55. The molecule has 0 aromatic heterocycles. The zero-order valence-electron chi connectivity index (χ0n) is 12.2. The molecule has 2 heteroatoms. The maximum atomic E-state index is 9.40. The highest BCUT2D eigenvalue weighted by molar-refractivity contribution is 5.41. The van der Waals surface area contributed by atoms with Crippen molar-refractivity contribution in [2.75, 3.05) is 0 Å². The fourth-order valence-electron chi connectivity index (χ4n) is 2.54. The fourth-order valence-corrected chi connectivity index (χ4v) is 2.54. The van der Waals surface area contributed by atoms with Crippen LogP contribution in [0.1, 0.15) is 33.9 Å². The van der Waals surface area contributed by atoms with Crippen molar-refractivity contribution >= 4 is 0 Å². The summed E-state index contributed by atoms with van der Waals surface area (Å²) in [6.07, 6.45) is -0.518. The van der Waals surface area contributed by atoms with Crippen molar-refractivity contribution in [1.82, 2.24) is 0 Å². The molecule has 2 aromatic rings. The van der Waals surface area contributed by atoms with Crippen LogP contribution in [0.3, 0.4) is 0 Å². The Balaban J connectivity index is 2.19. The van der Waals surface area contributed by atoms with Gasteiger partial charge in [-0.05, 0) is 37.5 Å². The number of hydrogen-bond acceptors (Lipinski definition) is 2. The summed E-state index contributed by atoms with van der Waals surface area (Å²) < 4.78 is 5.80. The standard InChI is InChI=1S/C18H19NO/c1-13-9-14(2)18(15(3)10-13)17(11-19)20-12-16-7-5-4-6-8-16/h4-10,17H,12H2,1-3H3. The molecule has 0 heterocycles. The van der Waals surface area contributed by atoms with E-state index in [-0.39, 0.29) is 0 Å². The van der Waals surface area contributed by atoms with Crippen molar-refractivity contribution < 1.29 is 4.74 Å². The van der Waals surface area contributed by atoms with Gasteiger partial charge in [0.15, 0.2) is 6.10 Å². The van der Waals surface area contributed by atoms with Gasteiger partial charge in [-0.15, -0.1) is 0 Å². The van der Waals surface area contributed by atoms with Crippen LogP contribution in [0.4, 0.5) is 0 Å². The highest BCUT2D eigenvalue weighted by Gasteiger charge is 2.16. The molecule has 1 unspecified atom stereocenters. The largest absolute Gasteiger partial charge is 0.354 e. The minimum Gasteiger partial charge on any atom is -0.354 e. The highest BCUT2D eigenvalue weighted by atomic mass is 16.5. The number of nitrogens with zero attached hydrogens (tertiary/aromatic N) is 1. The zero-order valence-corrected chi connectivity index (χ0v) is 12.2. The molecule has 0 radical (unpaired) electrons. The third-order valence-corrected chi connectivity index (χ3v) is 3.38. The molecule has 0 saturated carbocycles. The van der Waals surface area contributed by atoms with E-state index in [1.54, 1.807) is 0 Å². The van der Waals surface area contributed by atoms with Crippen LogP contribution in [-0.2, 0) is 11.3 Å². The van der Waals surface area contributed by atoms with E-state index >= 15 is 0 Å². The molecule has 2 rings (SSSR count). The van der Waals surface area contributed by atoms with Crippen LogP contribution in [0.25, 0.3) is 0 Å². The number of hydrogen-bond donors (Lipinski definition) is 0. The third kappa shape index (κ3) is 3.26. The molecule has 102 valence electrons. The SMILES string of the molecule is Cc1cc(C)c(C(C#N)OCc2ccccc2)c(C)c1. The van der Waals surface area contributed by atoms with Crippen LogP contribution in [0.15, 0.2) is 42.5 Å². The van der Waals surface area contributed by atoms with E-state index in [4.69, 9.17) is 4.74 Å². The van der Waals surface area contributed by atoms with Crippen LogP contribution in [0.5, 0.6) is 0 Å². The molecule has 2 nitrogen and oxygen atoms in total. The summed E-state index contributed by atoms with van der Waals surface area (Å²) in [6.45, 7) is 6.58. The van der Waals surface area contributed by atoms with Gasteiger partial charge in [-0.3, -0.25) is 0 Å². The average molecular weight is 265 g/mol. The van der Waals surface area contributed by atoms with Gasteiger partial charge < -0.3 is 4.74 Å². The molecule has 0 aliphatic carbocycles. The van der Waals surface area contributed by atoms with Crippen molar-refractivity contribution in [2.45, 2.75) is 33.5 Å². The van der Waals surface area contributed by atoms with Crippen LogP contribution < -0.4 is 0 Å². The lowest BCUT2D eigenvalue weighted by Crippen LogP contribution is -2.07. The summed E-state index contributed by atoms with van der Waals surface area (Å²) in [5.41, 5.74) is 5.51. The van der Waals surface area contributed by atoms with Crippen molar-refractivity contribution in [3.63, 3.8) is 0 Å². The summed E-state index contributed by atoms with van der Waals surface area (Å²) in [6, 6.07) is 16.4. The molecule has 0 saturated heterocycles. The van der Waals surface area contributed by atoms with Gasteiger partial charge in [-0.2, -0.15) is 5.26 Å². The predicted octanol–water partition coefficient (Wildman–Crippen LogP) is 4.39. The number of nitriles is 1. The van der Waals surface area contributed by atoms with Crippen molar-refractivity contribution in [3.8, 4) is 6.07 Å². The number of rotatable bonds is 4. The van der Waals surface area contributed by atoms with E-state index in [1.807, 2.05) is 44.2 Å². The van der Waals surface area contributed by atoms with Gasteiger partial charge in [-0.25, -0.2) is 0 Å². The maximum Gasteiger partial charge on any atom is 0.170 e. The summed E-state index contributed by atoms with van der Waals surface area (Å²) in [7, 11) is 0. The van der Waals surface area contributed by atoms with E-state index in [2.05, 4.69) is 25.1 Å². The summed E-state index contributed by atoms with van der Waals surface area (Å²) in [5.74, 6) is 0. The molecule has 20 heavy (non-hydrogen) atoms. The molecule has 0 aliphatic heterocycles. The number of aryl methyl sites for hydroxylation is 3. The molecular formula is C18H19NO. The molecule has 0 N–H and O–H groups in total. The monoisotopic (exact) mass is 265 g/mol. The summed E-state index contributed by atoms with van der Waals surface area (Å²) in [4.78, 5) is 0.